The highest BCUT2D eigenvalue weighted by molar-refractivity contribution is 7.94. The summed E-state index contributed by atoms with van der Waals surface area (Å²) in [5, 5.41) is 2.77. The number of hydrogen-bond acceptors (Lipinski definition) is 6. The van der Waals surface area contributed by atoms with Crippen LogP contribution in [0.1, 0.15) is 22.8 Å². The number of nitrogens with zero attached hydrogens (tertiary/aromatic N) is 1. The Bertz CT molecular complexity index is 1050. The van der Waals surface area contributed by atoms with Gasteiger partial charge in [0, 0.05) is 12.1 Å². The SMILES string of the molecule is COc1ccc(CNC(=O)c2cccc(N3C(=O)C(C)CS3(=O)=O)c2)cc1OC. The van der Waals surface area contributed by atoms with Crippen LogP contribution in [0.3, 0.4) is 0 Å². The predicted octanol–water partition coefficient (Wildman–Crippen LogP) is 1.95. The second kappa shape index (κ2) is 8.12. The van der Waals surface area contributed by atoms with Crippen LogP contribution in [-0.2, 0) is 21.4 Å². The molecule has 3 rings (SSSR count). The fraction of sp³-hybridized carbons (Fsp3) is 0.300. The van der Waals surface area contributed by atoms with Crippen molar-refractivity contribution in [3.05, 3.63) is 53.6 Å². The van der Waals surface area contributed by atoms with Crippen molar-refractivity contribution in [3.63, 3.8) is 0 Å². The largest absolute Gasteiger partial charge is 0.493 e. The maximum atomic E-state index is 12.5. The van der Waals surface area contributed by atoms with Gasteiger partial charge in [0.25, 0.3) is 5.91 Å². The van der Waals surface area contributed by atoms with Crippen LogP contribution >= 0.6 is 0 Å². The Morgan fingerprint density at radius 2 is 1.86 bits per heavy atom. The average molecular weight is 418 g/mol. The number of nitrogens with one attached hydrogen (secondary N) is 1. The summed E-state index contributed by atoms with van der Waals surface area (Å²) in [6.45, 7) is 1.81. The van der Waals surface area contributed by atoms with Crippen LogP contribution in [0.2, 0.25) is 0 Å². The number of benzene rings is 2. The van der Waals surface area contributed by atoms with E-state index in [0.29, 0.717) is 11.5 Å². The average Bonchev–Trinajstić information content (AvgIpc) is 2.92. The van der Waals surface area contributed by atoms with Crippen LogP contribution < -0.4 is 19.1 Å². The summed E-state index contributed by atoms with van der Waals surface area (Å²) in [6, 6.07) is 11.3. The monoisotopic (exact) mass is 418 g/mol. The number of sulfonamides is 1. The molecule has 0 radical (unpaired) electrons. The molecule has 1 aliphatic rings. The van der Waals surface area contributed by atoms with Gasteiger partial charge in [-0.05, 0) is 35.9 Å². The molecule has 1 saturated heterocycles. The lowest BCUT2D eigenvalue weighted by Crippen LogP contribution is -2.30. The minimum Gasteiger partial charge on any atom is -0.493 e. The molecule has 0 aliphatic carbocycles. The van der Waals surface area contributed by atoms with Crippen LogP contribution in [0.25, 0.3) is 0 Å². The molecule has 1 fully saturated rings. The summed E-state index contributed by atoms with van der Waals surface area (Å²) < 4.78 is 35.8. The molecule has 2 amide bonds. The molecular weight excluding hydrogens is 396 g/mol. The molecule has 0 bridgehead atoms. The molecule has 29 heavy (non-hydrogen) atoms. The molecule has 1 heterocycles. The third kappa shape index (κ3) is 4.19. The highest BCUT2D eigenvalue weighted by Gasteiger charge is 2.42. The fourth-order valence-corrected chi connectivity index (χ4v) is 4.95. The summed E-state index contributed by atoms with van der Waals surface area (Å²) in [5.41, 5.74) is 1.22. The molecule has 1 aliphatic heterocycles. The number of rotatable bonds is 6. The minimum absolute atomic E-state index is 0.165. The molecule has 1 N–H and O–H groups in total. The van der Waals surface area contributed by atoms with E-state index < -0.39 is 27.8 Å². The summed E-state index contributed by atoms with van der Waals surface area (Å²) in [5.74, 6) is -0.593. The van der Waals surface area contributed by atoms with E-state index in [1.165, 1.54) is 19.2 Å². The lowest BCUT2D eigenvalue weighted by Gasteiger charge is -2.16. The van der Waals surface area contributed by atoms with Crippen molar-refractivity contribution < 1.29 is 27.5 Å². The Morgan fingerprint density at radius 1 is 1.14 bits per heavy atom. The third-order valence-electron chi connectivity index (χ3n) is 4.60. The number of methoxy groups -OCH3 is 2. The minimum atomic E-state index is -3.72. The van der Waals surface area contributed by atoms with Gasteiger partial charge < -0.3 is 14.8 Å². The second-order valence-electron chi connectivity index (χ2n) is 6.70. The number of carbonyl (C=O) groups is 2. The van der Waals surface area contributed by atoms with E-state index in [2.05, 4.69) is 5.32 Å². The number of amides is 2. The highest BCUT2D eigenvalue weighted by Crippen LogP contribution is 2.29. The van der Waals surface area contributed by atoms with Gasteiger partial charge >= 0.3 is 0 Å². The Hall–Kier alpha value is -3.07. The Morgan fingerprint density at radius 3 is 2.48 bits per heavy atom. The first-order valence-electron chi connectivity index (χ1n) is 8.93. The molecule has 0 saturated carbocycles. The van der Waals surface area contributed by atoms with Gasteiger partial charge in [-0.15, -0.1) is 0 Å². The van der Waals surface area contributed by atoms with Crippen molar-refractivity contribution in [1.29, 1.82) is 0 Å². The molecule has 1 unspecified atom stereocenters. The van der Waals surface area contributed by atoms with E-state index in [1.807, 2.05) is 0 Å². The maximum Gasteiger partial charge on any atom is 0.251 e. The van der Waals surface area contributed by atoms with Crippen LogP contribution in [0, 0.1) is 5.92 Å². The van der Waals surface area contributed by atoms with Gasteiger partial charge in [-0.1, -0.05) is 19.1 Å². The summed E-state index contributed by atoms with van der Waals surface area (Å²) in [4.78, 5) is 24.8. The zero-order valence-electron chi connectivity index (χ0n) is 16.3. The Kier molecular flexibility index (Phi) is 5.78. The van der Waals surface area contributed by atoms with E-state index in [0.717, 1.165) is 9.87 Å². The maximum absolute atomic E-state index is 12.5. The van der Waals surface area contributed by atoms with E-state index >= 15 is 0 Å². The molecule has 0 spiro atoms. The van der Waals surface area contributed by atoms with Crippen LogP contribution in [0.5, 0.6) is 11.5 Å². The smallest absolute Gasteiger partial charge is 0.251 e. The number of anilines is 1. The normalized spacial score (nSPS) is 17.8. The molecule has 9 heteroatoms. The number of ether oxygens (including phenoxy) is 2. The van der Waals surface area contributed by atoms with Crippen molar-refractivity contribution in [3.8, 4) is 11.5 Å². The zero-order chi connectivity index (χ0) is 21.2. The van der Waals surface area contributed by atoms with Crippen molar-refractivity contribution >= 4 is 27.5 Å². The number of hydrogen-bond donors (Lipinski definition) is 1. The van der Waals surface area contributed by atoms with E-state index in [9.17, 15) is 18.0 Å². The zero-order valence-corrected chi connectivity index (χ0v) is 17.2. The van der Waals surface area contributed by atoms with E-state index in [-0.39, 0.29) is 23.5 Å². The predicted molar refractivity (Wildman–Crippen MR) is 108 cm³/mol. The van der Waals surface area contributed by atoms with Crippen molar-refractivity contribution in [2.45, 2.75) is 13.5 Å². The molecule has 0 aromatic heterocycles. The fourth-order valence-electron chi connectivity index (χ4n) is 3.14. The molecule has 8 nitrogen and oxygen atoms in total. The van der Waals surface area contributed by atoms with Crippen molar-refractivity contribution in [2.24, 2.45) is 5.92 Å². The number of carbonyl (C=O) groups excluding carboxylic acids is 2. The summed E-state index contributed by atoms with van der Waals surface area (Å²) in [7, 11) is -0.656. The molecular formula is C20H22N2O6S. The molecule has 2 aromatic carbocycles. The van der Waals surface area contributed by atoms with Gasteiger partial charge in [0.15, 0.2) is 11.5 Å². The summed E-state index contributed by atoms with van der Waals surface area (Å²) in [6.07, 6.45) is 0. The van der Waals surface area contributed by atoms with E-state index in [1.54, 1.807) is 44.4 Å². The first-order valence-corrected chi connectivity index (χ1v) is 10.5. The van der Waals surface area contributed by atoms with Crippen molar-refractivity contribution in [1.82, 2.24) is 5.32 Å². The van der Waals surface area contributed by atoms with Crippen LogP contribution in [-0.4, -0.2) is 40.2 Å². The van der Waals surface area contributed by atoms with Crippen LogP contribution in [0.4, 0.5) is 5.69 Å². The van der Waals surface area contributed by atoms with Gasteiger partial charge in [-0.3, -0.25) is 9.59 Å². The second-order valence-corrected chi connectivity index (χ2v) is 8.57. The topological polar surface area (TPSA) is 102 Å². The molecule has 2 aromatic rings. The van der Waals surface area contributed by atoms with Gasteiger partial charge in [-0.25, -0.2) is 12.7 Å². The highest BCUT2D eigenvalue weighted by atomic mass is 32.2. The third-order valence-corrected chi connectivity index (χ3v) is 6.47. The Balaban J connectivity index is 1.76. The summed E-state index contributed by atoms with van der Waals surface area (Å²) >= 11 is 0. The lowest BCUT2D eigenvalue weighted by atomic mass is 10.1. The molecule has 1 atom stereocenters. The standard InChI is InChI=1S/C20H22N2O6S/c1-13-12-29(25,26)22(20(13)24)16-6-4-5-15(10-16)19(23)21-11-14-7-8-17(27-2)18(9-14)28-3/h4-10,13H,11-12H2,1-3H3,(H,21,23). The van der Waals surface area contributed by atoms with Gasteiger partial charge in [0.2, 0.25) is 15.9 Å². The van der Waals surface area contributed by atoms with E-state index in [4.69, 9.17) is 9.47 Å². The molecule has 154 valence electrons. The van der Waals surface area contributed by atoms with Gasteiger partial charge in [0.1, 0.15) is 0 Å². The first-order chi connectivity index (χ1) is 13.8. The van der Waals surface area contributed by atoms with Gasteiger partial charge in [-0.2, -0.15) is 0 Å². The quantitative estimate of drug-likeness (QED) is 0.769. The van der Waals surface area contributed by atoms with Crippen molar-refractivity contribution in [2.75, 3.05) is 24.3 Å². The van der Waals surface area contributed by atoms with Crippen LogP contribution in [0.15, 0.2) is 42.5 Å². The first kappa shape index (κ1) is 20.7. The van der Waals surface area contributed by atoms with Gasteiger partial charge in [0.05, 0.1) is 31.6 Å². The Labute approximate surface area is 169 Å². The lowest BCUT2D eigenvalue weighted by molar-refractivity contribution is -0.119.